The summed E-state index contributed by atoms with van der Waals surface area (Å²) in [5.41, 5.74) is 4.86. The molecular formula is C16H11ClN6O4. The minimum atomic E-state index is -1.40. The third kappa shape index (κ3) is 3.65. The molecule has 2 aromatic rings. The van der Waals surface area contributed by atoms with Gasteiger partial charge < -0.3 is 5.73 Å². The van der Waals surface area contributed by atoms with Gasteiger partial charge in [0.1, 0.15) is 0 Å². The molecule has 2 N–H and O–H groups in total. The first kappa shape index (κ1) is 18.1. The Kier molecular flexibility index (Phi) is 4.90. The lowest BCUT2D eigenvalue weighted by Crippen LogP contribution is -2.35. The van der Waals surface area contributed by atoms with E-state index in [-0.39, 0.29) is 16.4 Å². The van der Waals surface area contributed by atoms with Crippen LogP contribution in [0.1, 0.15) is 0 Å². The molecule has 1 aliphatic heterocycles. The van der Waals surface area contributed by atoms with E-state index in [0.717, 1.165) is 11.1 Å². The third-order valence-corrected chi connectivity index (χ3v) is 3.81. The van der Waals surface area contributed by atoms with Crippen LogP contribution in [0.4, 0.5) is 17.1 Å². The summed E-state index contributed by atoms with van der Waals surface area (Å²) in [5.74, 6) is -1.60. The summed E-state index contributed by atoms with van der Waals surface area (Å²) in [5, 5.41) is 23.7. The lowest BCUT2D eigenvalue weighted by atomic mass is 10.2. The molecule has 0 aliphatic carbocycles. The Morgan fingerprint density at radius 1 is 1.26 bits per heavy atom. The van der Waals surface area contributed by atoms with E-state index in [1.807, 2.05) is 0 Å². The molecule has 3 rings (SSSR count). The van der Waals surface area contributed by atoms with Crippen molar-refractivity contribution in [2.75, 3.05) is 5.01 Å². The summed E-state index contributed by atoms with van der Waals surface area (Å²) >= 11 is 5.75. The monoisotopic (exact) mass is 386 g/mol. The molecule has 2 aromatic carbocycles. The molecule has 2 amide bonds. The third-order valence-electron chi connectivity index (χ3n) is 3.58. The van der Waals surface area contributed by atoms with Crippen molar-refractivity contribution in [2.24, 2.45) is 21.1 Å². The number of para-hydroxylation sites is 1. The highest BCUT2D eigenvalue weighted by molar-refractivity contribution is 6.47. The molecule has 1 heterocycles. The molecule has 10 nitrogen and oxygen atoms in total. The summed E-state index contributed by atoms with van der Waals surface area (Å²) in [6, 6.07) is 10.7. The summed E-state index contributed by atoms with van der Waals surface area (Å²) in [4.78, 5) is 34.7. The Bertz CT molecular complexity index is 992. The number of nitrogens with zero attached hydrogens (tertiary/aromatic N) is 5. The maximum absolute atomic E-state index is 12.6. The molecule has 0 saturated heterocycles. The van der Waals surface area contributed by atoms with Crippen LogP contribution in [0.3, 0.4) is 0 Å². The quantitative estimate of drug-likeness (QED) is 0.478. The van der Waals surface area contributed by atoms with Crippen molar-refractivity contribution in [3.05, 3.63) is 63.7 Å². The topological polar surface area (TPSA) is 144 Å². The molecule has 1 atom stereocenters. The Balaban J connectivity index is 1.96. The van der Waals surface area contributed by atoms with E-state index in [1.165, 1.54) is 12.1 Å². The molecule has 1 unspecified atom stereocenters. The number of benzene rings is 2. The number of azo groups is 1. The number of rotatable bonds is 5. The number of nitrogens with two attached hydrogens (primary N) is 1. The molecule has 0 saturated carbocycles. The Morgan fingerprint density at radius 2 is 1.96 bits per heavy atom. The van der Waals surface area contributed by atoms with Gasteiger partial charge >= 0.3 is 0 Å². The second-order valence-corrected chi connectivity index (χ2v) is 5.78. The molecule has 11 heteroatoms. The number of primary amides is 1. The molecule has 0 radical (unpaired) electrons. The average molecular weight is 387 g/mol. The van der Waals surface area contributed by atoms with Gasteiger partial charge in [0.15, 0.2) is 11.4 Å². The van der Waals surface area contributed by atoms with Gasteiger partial charge in [0.25, 0.3) is 17.5 Å². The van der Waals surface area contributed by atoms with Crippen LogP contribution < -0.4 is 10.7 Å². The standard InChI is InChI=1S/C16H11ClN6O4/c17-9-6-7-11(12(8-9)23(26)27)19-20-14-13(15(18)24)21-22(16(14)25)10-4-2-1-3-5-10/h1-8,14H,(H2,18,24). The second-order valence-electron chi connectivity index (χ2n) is 5.34. The van der Waals surface area contributed by atoms with Gasteiger partial charge in [-0.05, 0) is 24.3 Å². The van der Waals surface area contributed by atoms with Crippen LogP contribution >= 0.6 is 11.6 Å². The summed E-state index contributed by atoms with van der Waals surface area (Å²) < 4.78 is 0. The first-order chi connectivity index (χ1) is 12.9. The zero-order valence-corrected chi connectivity index (χ0v) is 14.3. The fourth-order valence-electron chi connectivity index (χ4n) is 2.33. The number of hydrazone groups is 1. The molecule has 27 heavy (non-hydrogen) atoms. The number of hydrogen-bond donors (Lipinski definition) is 1. The molecule has 136 valence electrons. The van der Waals surface area contributed by atoms with Crippen molar-refractivity contribution in [1.29, 1.82) is 0 Å². The maximum Gasteiger partial charge on any atom is 0.298 e. The van der Waals surface area contributed by atoms with E-state index in [0.29, 0.717) is 5.69 Å². The first-order valence-corrected chi connectivity index (χ1v) is 7.88. The molecule has 0 aromatic heterocycles. The zero-order chi connectivity index (χ0) is 19.6. The van der Waals surface area contributed by atoms with Gasteiger partial charge in [-0.1, -0.05) is 29.8 Å². The van der Waals surface area contributed by atoms with Gasteiger partial charge in [0.05, 0.1) is 10.6 Å². The normalized spacial score (nSPS) is 16.6. The summed E-state index contributed by atoms with van der Waals surface area (Å²) in [6.07, 6.45) is 0. The van der Waals surface area contributed by atoms with E-state index in [9.17, 15) is 19.7 Å². The van der Waals surface area contributed by atoms with Crippen LogP contribution in [-0.4, -0.2) is 28.5 Å². The van der Waals surface area contributed by atoms with Crippen molar-refractivity contribution in [3.63, 3.8) is 0 Å². The molecular weight excluding hydrogens is 376 g/mol. The van der Waals surface area contributed by atoms with Gasteiger partial charge in [0.2, 0.25) is 6.04 Å². The van der Waals surface area contributed by atoms with E-state index >= 15 is 0 Å². The number of nitro groups is 1. The lowest BCUT2D eigenvalue weighted by molar-refractivity contribution is -0.384. The fraction of sp³-hybridized carbons (Fsp3) is 0.0625. The largest absolute Gasteiger partial charge is 0.364 e. The van der Waals surface area contributed by atoms with E-state index in [4.69, 9.17) is 17.3 Å². The predicted octanol–water partition coefficient (Wildman–Crippen LogP) is 2.59. The first-order valence-electron chi connectivity index (χ1n) is 7.50. The Hall–Kier alpha value is -3.66. The predicted molar refractivity (Wildman–Crippen MR) is 97.0 cm³/mol. The van der Waals surface area contributed by atoms with Crippen LogP contribution in [0, 0.1) is 10.1 Å². The van der Waals surface area contributed by atoms with Crippen molar-refractivity contribution in [3.8, 4) is 0 Å². The molecule has 0 spiro atoms. The zero-order valence-electron chi connectivity index (χ0n) is 13.5. The van der Waals surface area contributed by atoms with Crippen LogP contribution in [0.25, 0.3) is 0 Å². The Labute approximate surface area is 157 Å². The summed E-state index contributed by atoms with van der Waals surface area (Å²) in [7, 11) is 0. The number of anilines is 1. The van der Waals surface area contributed by atoms with Gasteiger partial charge in [-0.15, -0.1) is 5.11 Å². The van der Waals surface area contributed by atoms with Crippen molar-refractivity contribution in [2.45, 2.75) is 6.04 Å². The number of carbonyl (C=O) groups is 2. The van der Waals surface area contributed by atoms with Crippen LogP contribution in [-0.2, 0) is 9.59 Å². The smallest absolute Gasteiger partial charge is 0.298 e. The van der Waals surface area contributed by atoms with E-state index in [1.54, 1.807) is 30.3 Å². The number of hydrogen-bond acceptors (Lipinski definition) is 7. The molecule has 0 fully saturated rings. The SMILES string of the molecule is NC(=O)C1=NN(c2ccccc2)C(=O)C1N=Nc1ccc(Cl)cc1[N+](=O)[O-]. The van der Waals surface area contributed by atoms with Gasteiger partial charge in [0, 0.05) is 11.1 Å². The van der Waals surface area contributed by atoms with Gasteiger partial charge in [-0.3, -0.25) is 19.7 Å². The van der Waals surface area contributed by atoms with Gasteiger partial charge in [-0.2, -0.15) is 15.2 Å². The minimum Gasteiger partial charge on any atom is -0.364 e. The van der Waals surface area contributed by atoms with Crippen molar-refractivity contribution < 1.29 is 14.5 Å². The van der Waals surface area contributed by atoms with E-state index < -0.39 is 28.5 Å². The number of carbonyl (C=O) groups excluding carboxylic acids is 2. The highest BCUT2D eigenvalue weighted by atomic mass is 35.5. The van der Waals surface area contributed by atoms with E-state index in [2.05, 4.69) is 15.3 Å². The minimum absolute atomic E-state index is 0.126. The lowest BCUT2D eigenvalue weighted by Gasteiger charge is -2.11. The summed E-state index contributed by atoms with van der Waals surface area (Å²) in [6.45, 7) is 0. The number of halogens is 1. The second kappa shape index (κ2) is 7.30. The highest BCUT2D eigenvalue weighted by Crippen LogP contribution is 2.31. The van der Waals surface area contributed by atoms with Crippen molar-refractivity contribution in [1.82, 2.24) is 0 Å². The highest BCUT2D eigenvalue weighted by Gasteiger charge is 2.40. The Morgan fingerprint density at radius 3 is 2.59 bits per heavy atom. The van der Waals surface area contributed by atoms with Gasteiger partial charge in [-0.25, -0.2) is 0 Å². The fourth-order valence-corrected chi connectivity index (χ4v) is 2.50. The van der Waals surface area contributed by atoms with Crippen LogP contribution in [0.2, 0.25) is 5.02 Å². The number of amides is 2. The van der Waals surface area contributed by atoms with Crippen LogP contribution in [0.5, 0.6) is 0 Å². The number of nitro benzene ring substituents is 1. The average Bonchev–Trinajstić information content (AvgIpc) is 2.98. The van der Waals surface area contributed by atoms with Crippen molar-refractivity contribution >= 4 is 46.2 Å². The molecule has 1 aliphatic rings. The van der Waals surface area contributed by atoms with Crippen LogP contribution in [0.15, 0.2) is 63.9 Å². The molecule has 0 bridgehead atoms. The maximum atomic E-state index is 12.6.